The molecule has 1 heterocycles. The van der Waals surface area contributed by atoms with Crippen LogP contribution in [-0.2, 0) is 31.1 Å². The lowest BCUT2D eigenvalue weighted by Gasteiger charge is -2.38. The molecule has 0 bridgehead atoms. The molecular weight excluding hydrogens is 388 g/mol. The van der Waals surface area contributed by atoms with Crippen LogP contribution in [0.25, 0.3) is 0 Å². The third kappa shape index (κ3) is 9.29. The van der Waals surface area contributed by atoms with Gasteiger partial charge in [0.15, 0.2) is 5.82 Å². The van der Waals surface area contributed by atoms with Gasteiger partial charge in [0.25, 0.3) is 0 Å². The highest BCUT2D eigenvalue weighted by Gasteiger charge is 2.38. The van der Waals surface area contributed by atoms with Gasteiger partial charge in [-0.1, -0.05) is 6.58 Å². The minimum absolute atomic E-state index is 0.214. The van der Waals surface area contributed by atoms with E-state index < -0.39 is 11.1 Å². The first kappa shape index (κ1) is 26.2. The Bertz CT molecular complexity index is 637. The number of nitrogens with one attached hydrogen (secondary N) is 2. The first-order valence-corrected chi connectivity index (χ1v) is 10.3. The normalized spacial score (nSPS) is 13.8. The molecule has 0 saturated heterocycles. The molecule has 0 fully saturated rings. The summed E-state index contributed by atoms with van der Waals surface area (Å²) in [5, 5.41) is 18.9. The van der Waals surface area contributed by atoms with Crippen LogP contribution in [0.15, 0.2) is 12.7 Å². The Morgan fingerprint density at radius 3 is 2.53 bits per heavy atom. The fourth-order valence-electron chi connectivity index (χ4n) is 3.43. The van der Waals surface area contributed by atoms with Crippen molar-refractivity contribution in [3.8, 4) is 0 Å². The summed E-state index contributed by atoms with van der Waals surface area (Å²) < 4.78 is 17.5. The molecule has 10 heteroatoms. The lowest BCUT2D eigenvalue weighted by atomic mass is 9.84. The van der Waals surface area contributed by atoms with E-state index in [0.29, 0.717) is 45.9 Å². The first-order chi connectivity index (χ1) is 14.3. The Morgan fingerprint density at radius 2 is 1.87 bits per heavy atom. The van der Waals surface area contributed by atoms with E-state index in [0.717, 1.165) is 18.7 Å². The average Bonchev–Trinajstić information content (AvgIpc) is 3.16. The van der Waals surface area contributed by atoms with Crippen LogP contribution in [0.3, 0.4) is 0 Å². The summed E-state index contributed by atoms with van der Waals surface area (Å²) in [6.45, 7) is 13.3. The van der Waals surface area contributed by atoms with Crippen LogP contribution in [0.4, 0.5) is 0 Å². The number of carbonyl (C=O) groups is 1. The van der Waals surface area contributed by atoms with Crippen molar-refractivity contribution in [2.75, 3.05) is 47.2 Å². The Morgan fingerprint density at radius 1 is 1.13 bits per heavy atom. The number of amides is 1. The van der Waals surface area contributed by atoms with E-state index >= 15 is 0 Å². The molecule has 0 aromatic carbocycles. The molecule has 172 valence electrons. The van der Waals surface area contributed by atoms with E-state index in [1.54, 1.807) is 18.9 Å². The van der Waals surface area contributed by atoms with Gasteiger partial charge in [0.2, 0.25) is 5.91 Å². The SMILES string of the molecule is C=CC(=O)NC(C)(C)CC(C)(NCCCOCCOC)c1nnnn1CCCOC. The molecule has 0 aliphatic carbocycles. The molecule has 1 unspecified atom stereocenters. The maximum Gasteiger partial charge on any atom is 0.243 e. The molecule has 1 aromatic heterocycles. The largest absolute Gasteiger partial charge is 0.385 e. The lowest BCUT2D eigenvalue weighted by molar-refractivity contribution is -0.118. The van der Waals surface area contributed by atoms with Gasteiger partial charge in [-0.15, -0.1) is 5.10 Å². The first-order valence-electron chi connectivity index (χ1n) is 10.3. The molecule has 0 spiro atoms. The van der Waals surface area contributed by atoms with Gasteiger partial charge in [0, 0.05) is 39.5 Å². The van der Waals surface area contributed by atoms with Crippen LogP contribution in [0, 0.1) is 0 Å². The van der Waals surface area contributed by atoms with Gasteiger partial charge >= 0.3 is 0 Å². The summed E-state index contributed by atoms with van der Waals surface area (Å²) in [4.78, 5) is 11.9. The fourth-order valence-corrected chi connectivity index (χ4v) is 3.43. The molecule has 1 amide bonds. The van der Waals surface area contributed by atoms with Crippen LogP contribution >= 0.6 is 0 Å². The van der Waals surface area contributed by atoms with Crippen LogP contribution in [0.1, 0.15) is 45.9 Å². The maximum atomic E-state index is 11.9. The Balaban J connectivity index is 2.89. The number of ether oxygens (including phenoxy) is 3. The van der Waals surface area contributed by atoms with E-state index in [1.165, 1.54) is 6.08 Å². The number of carbonyl (C=O) groups excluding carboxylic acids is 1. The third-order valence-corrected chi connectivity index (χ3v) is 4.60. The Kier molecular flexibility index (Phi) is 11.7. The van der Waals surface area contributed by atoms with Gasteiger partial charge < -0.3 is 24.8 Å². The van der Waals surface area contributed by atoms with Crippen LogP contribution in [0.5, 0.6) is 0 Å². The van der Waals surface area contributed by atoms with Crippen molar-refractivity contribution < 1.29 is 19.0 Å². The van der Waals surface area contributed by atoms with Gasteiger partial charge in [-0.05, 0) is 63.1 Å². The summed E-state index contributed by atoms with van der Waals surface area (Å²) in [5.74, 6) is 0.508. The minimum Gasteiger partial charge on any atom is -0.385 e. The number of hydrogen-bond donors (Lipinski definition) is 2. The molecule has 2 N–H and O–H groups in total. The van der Waals surface area contributed by atoms with E-state index in [-0.39, 0.29) is 5.91 Å². The highest BCUT2D eigenvalue weighted by atomic mass is 16.5. The lowest BCUT2D eigenvalue weighted by Crippen LogP contribution is -2.53. The number of hydrogen-bond acceptors (Lipinski definition) is 8. The number of tetrazole rings is 1. The van der Waals surface area contributed by atoms with Gasteiger partial charge in [0.05, 0.1) is 18.8 Å². The average molecular weight is 427 g/mol. The number of nitrogens with zero attached hydrogens (tertiary/aromatic N) is 4. The van der Waals surface area contributed by atoms with Crippen molar-refractivity contribution in [2.45, 2.75) is 57.7 Å². The second kappa shape index (κ2) is 13.4. The summed E-state index contributed by atoms with van der Waals surface area (Å²) in [6, 6.07) is 0. The molecule has 30 heavy (non-hydrogen) atoms. The zero-order valence-corrected chi connectivity index (χ0v) is 19.1. The minimum atomic E-state index is -0.568. The van der Waals surface area contributed by atoms with Crippen LogP contribution in [0.2, 0.25) is 0 Å². The highest BCUT2D eigenvalue weighted by molar-refractivity contribution is 5.87. The summed E-state index contributed by atoms with van der Waals surface area (Å²) >= 11 is 0. The van der Waals surface area contributed by atoms with Crippen molar-refractivity contribution in [2.24, 2.45) is 0 Å². The van der Waals surface area contributed by atoms with E-state index in [4.69, 9.17) is 14.2 Å². The fraction of sp³-hybridized carbons (Fsp3) is 0.800. The number of rotatable bonds is 17. The van der Waals surface area contributed by atoms with Crippen LogP contribution < -0.4 is 10.6 Å². The van der Waals surface area contributed by atoms with Crippen molar-refractivity contribution in [3.05, 3.63) is 18.5 Å². The van der Waals surface area contributed by atoms with Crippen molar-refractivity contribution in [1.29, 1.82) is 0 Å². The summed E-state index contributed by atoms with van der Waals surface area (Å²) in [6.07, 6.45) is 3.48. The molecule has 1 atom stereocenters. The van der Waals surface area contributed by atoms with E-state index in [9.17, 15) is 4.79 Å². The van der Waals surface area contributed by atoms with Crippen molar-refractivity contribution in [1.82, 2.24) is 30.8 Å². The van der Waals surface area contributed by atoms with E-state index in [1.807, 2.05) is 13.8 Å². The quantitative estimate of drug-likeness (QED) is 0.281. The molecule has 0 radical (unpaired) electrons. The second-order valence-electron chi connectivity index (χ2n) is 8.04. The molecule has 10 nitrogen and oxygen atoms in total. The topological polar surface area (TPSA) is 112 Å². The highest BCUT2D eigenvalue weighted by Crippen LogP contribution is 2.29. The Hall–Kier alpha value is -1.88. The molecular formula is C20H38N6O4. The number of aryl methyl sites for hydroxylation is 1. The second-order valence-corrected chi connectivity index (χ2v) is 8.04. The molecule has 0 aliphatic rings. The summed E-state index contributed by atoms with van der Waals surface area (Å²) in [5.41, 5.74) is -1.08. The zero-order valence-electron chi connectivity index (χ0n) is 19.1. The number of methoxy groups -OCH3 is 2. The van der Waals surface area contributed by atoms with Gasteiger partial charge in [-0.3, -0.25) is 4.79 Å². The maximum absolute atomic E-state index is 11.9. The van der Waals surface area contributed by atoms with Crippen molar-refractivity contribution in [3.63, 3.8) is 0 Å². The third-order valence-electron chi connectivity index (χ3n) is 4.60. The van der Waals surface area contributed by atoms with Gasteiger partial charge in [-0.25, -0.2) is 4.68 Å². The Labute approximate surface area is 179 Å². The predicted octanol–water partition coefficient (Wildman–Crippen LogP) is 1.04. The van der Waals surface area contributed by atoms with Gasteiger partial charge in [-0.2, -0.15) is 0 Å². The molecule has 0 aliphatic heterocycles. The monoisotopic (exact) mass is 426 g/mol. The zero-order chi connectivity index (χ0) is 22.5. The summed E-state index contributed by atoms with van der Waals surface area (Å²) in [7, 11) is 3.33. The van der Waals surface area contributed by atoms with E-state index in [2.05, 4.69) is 39.7 Å². The number of aromatic nitrogens is 4. The predicted molar refractivity (Wildman–Crippen MR) is 114 cm³/mol. The van der Waals surface area contributed by atoms with Gasteiger partial charge in [0.1, 0.15) is 0 Å². The smallest absolute Gasteiger partial charge is 0.243 e. The standard InChI is InChI=1S/C20H38N6O4/c1-7-17(27)22-19(2,3)16-20(4,21-10-8-13-30-15-14-29-6)18-23-24-25-26(18)11-9-12-28-5/h7,21H,1,8-16H2,2-6H3,(H,22,27). The molecule has 1 rings (SSSR count). The van der Waals surface area contributed by atoms with Crippen molar-refractivity contribution >= 4 is 5.91 Å². The molecule has 1 aromatic rings. The molecule has 0 saturated carbocycles. The van der Waals surface area contributed by atoms with Crippen LogP contribution in [-0.4, -0.2) is 78.8 Å².